The zero-order chi connectivity index (χ0) is 12.8. The van der Waals surface area contributed by atoms with Crippen molar-refractivity contribution in [2.45, 2.75) is 32.1 Å². The quantitative estimate of drug-likeness (QED) is 0.830. The van der Waals surface area contributed by atoms with Gasteiger partial charge in [0.25, 0.3) is 0 Å². The summed E-state index contributed by atoms with van der Waals surface area (Å²) in [4.78, 5) is 14.1. The van der Waals surface area contributed by atoms with E-state index in [9.17, 15) is 9.90 Å². The van der Waals surface area contributed by atoms with E-state index in [4.69, 9.17) is 4.74 Å². The molecule has 3 fully saturated rings. The number of carbonyl (C=O) groups is 1. The molecule has 0 radical (unpaired) electrons. The van der Waals surface area contributed by atoms with Gasteiger partial charge in [0.15, 0.2) is 0 Å². The lowest BCUT2D eigenvalue weighted by Crippen LogP contribution is -2.66. The Morgan fingerprint density at radius 3 is 2.22 bits per heavy atom. The number of piperidine rings is 1. The van der Waals surface area contributed by atoms with E-state index in [1.54, 1.807) is 0 Å². The van der Waals surface area contributed by atoms with Gasteiger partial charge in [-0.15, -0.1) is 0 Å². The van der Waals surface area contributed by atoms with Crippen molar-refractivity contribution in [3.05, 3.63) is 0 Å². The van der Waals surface area contributed by atoms with Crippen LogP contribution in [0, 0.1) is 16.7 Å². The second-order valence-corrected chi connectivity index (χ2v) is 6.47. The van der Waals surface area contributed by atoms with Gasteiger partial charge in [-0.1, -0.05) is 6.42 Å². The molecule has 0 atom stereocenters. The zero-order valence-electron chi connectivity index (χ0n) is 11.2. The number of rotatable bonds is 3. The van der Waals surface area contributed by atoms with Gasteiger partial charge in [-0.3, -0.25) is 4.79 Å². The number of carboxylic acids is 1. The summed E-state index contributed by atoms with van der Waals surface area (Å²) in [6.07, 6.45) is 5.06. The largest absolute Gasteiger partial charge is 0.481 e. The van der Waals surface area contributed by atoms with Gasteiger partial charge in [0, 0.05) is 5.41 Å². The fraction of sp³-hybridized carbons (Fsp3) is 0.929. The summed E-state index contributed by atoms with van der Waals surface area (Å²) in [6, 6.07) is 0. The highest BCUT2D eigenvalue weighted by Gasteiger charge is 2.66. The highest BCUT2D eigenvalue weighted by molar-refractivity contribution is 5.77. The van der Waals surface area contributed by atoms with Gasteiger partial charge in [0.2, 0.25) is 0 Å². The van der Waals surface area contributed by atoms with Crippen molar-refractivity contribution in [2.24, 2.45) is 16.7 Å². The third kappa shape index (κ3) is 1.48. The van der Waals surface area contributed by atoms with Crippen LogP contribution in [0.1, 0.15) is 32.1 Å². The van der Waals surface area contributed by atoms with Crippen molar-refractivity contribution in [1.29, 1.82) is 0 Å². The maximum atomic E-state index is 11.8. The number of ether oxygens (including phenoxy) is 1. The number of aliphatic carboxylic acids is 1. The van der Waals surface area contributed by atoms with Crippen LogP contribution in [-0.2, 0) is 9.53 Å². The molecule has 0 bridgehead atoms. The first-order chi connectivity index (χ1) is 8.61. The van der Waals surface area contributed by atoms with E-state index in [1.807, 2.05) is 0 Å². The smallest absolute Gasteiger partial charge is 0.310 e. The third-order valence-corrected chi connectivity index (χ3v) is 5.79. The van der Waals surface area contributed by atoms with E-state index < -0.39 is 11.4 Å². The van der Waals surface area contributed by atoms with Crippen molar-refractivity contribution in [3.63, 3.8) is 0 Å². The molecule has 2 saturated heterocycles. The number of hydrogen-bond acceptors (Lipinski definition) is 3. The van der Waals surface area contributed by atoms with Crippen LogP contribution in [0.2, 0.25) is 0 Å². The molecule has 3 rings (SSSR count). The van der Waals surface area contributed by atoms with Gasteiger partial charge in [0.05, 0.1) is 18.6 Å². The van der Waals surface area contributed by atoms with Crippen LogP contribution < -0.4 is 0 Å². The lowest BCUT2D eigenvalue weighted by molar-refractivity contribution is -0.248. The molecule has 2 heterocycles. The standard InChI is InChI=1S/C14H23NO3/c1-15-7-3-11(4-8-15)14(9-18-10-14)13(12(16)17)5-2-6-13/h11H,2-10H2,1H3,(H,16,17). The van der Waals surface area contributed by atoms with Gasteiger partial charge in [0.1, 0.15) is 0 Å². The molecule has 0 aromatic carbocycles. The van der Waals surface area contributed by atoms with Crippen LogP contribution >= 0.6 is 0 Å². The molecule has 18 heavy (non-hydrogen) atoms. The molecule has 102 valence electrons. The molecule has 0 amide bonds. The normalized spacial score (nSPS) is 31.4. The van der Waals surface area contributed by atoms with Gasteiger partial charge >= 0.3 is 5.97 Å². The average Bonchev–Trinajstić information content (AvgIpc) is 2.21. The van der Waals surface area contributed by atoms with Crippen molar-refractivity contribution in [3.8, 4) is 0 Å². The molecule has 0 unspecified atom stereocenters. The maximum absolute atomic E-state index is 11.8. The molecule has 4 heteroatoms. The number of likely N-dealkylation sites (tertiary alicyclic amines) is 1. The monoisotopic (exact) mass is 253 g/mol. The number of carboxylic acid groups (broad SMARTS) is 1. The minimum Gasteiger partial charge on any atom is -0.481 e. The summed E-state index contributed by atoms with van der Waals surface area (Å²) < 4.78 is 5.47. The van der Waals surface area contributed by atoms with Crippen LogP contribution in [0.5, 0.6) is 0 Å². The van der Waals surface area contributed by atoms with Crippen molar-refractivity contribution in [2.75, 3.05) is 33.4 Å². The maximum Gasteiger partial charge on any atom is 0.310 e. The second-order valence-electron chi connectivity index (χ2n) is 6.47. The third-order valence-electron chi connectivity index (χ3n) is 5.79. The number of nitrogens with zero attached hydrogens (tertiary/aromatic N) is 1. The highest BCUT2D eigenvalue weighted by Crippen LogP contribution is 2.62. The fourth-order valence-electron chi connectivity index (χ4n) is 4.24. The topological polar surface area (TPSA) is 49.8 Å². The molecular weight excluding hydrogens is 230 g/mol. The lowest BCUT2D eigenvalue weighted by Gasteiger charge is -2.61. The Hall–Kier alpha value is -0.610. The highest BCUT2D eigenvalue weighted by atomic mass is 16.5. The summed E-state index contributed by atoms with van der Waals surface area (Å²) in [5, 5.41) is 9.70. The van der Waals surface area contributed by atoms with Crippen molar-refractivity contribution >= 4 is 5.97 Å². The van der Waals surface area contributed by atoms with Crippen LogP contribution in [0.25, 0.3) is 0 Å². The minimum absolute atomic E-state index is 0.0572. The molecule has 4 nitrogen and oxygen atoms in total. The first kappa shape index (κ1) is 12.4. The van der Waals surface area contributed by atoms with E-state index in [0.717, 1.165) is 45.2 Å². The zero-order valence-corrected chi connectivity index (χ0v) is 11.2. The Morgan fingerprint density at radius 1 is 1.28 bits per heavy atom. The first-order valence-corrected chi connectivity index (χ1v) is 7.10. The second kappa shape index (κ2) is 4.20. The number of hydrogen-bond donors (Lipinski definition) is 1. The van der Waals surface area contributed by atoms with E-state index in [2.05, 4.69) is 11.9 Å². The molecule has 1 saturated carbocycles. The molecule has 3 aliphatic rings. The Kier molecular flexibility index (Phi) is 2.90. The Bertz CT molecular complexity index is 339. The molecule has 1 aliphatic carbocycles. The van der Waals surface area contributed by atoms with Crippen LogP contribution in [0.15, 0.2) is 0 Å². The molecule has 2 aliphatic heterocycles. The van der Waals surface area contributed by atoms with Crippen molar-refractivity contribution in [1.82, 2.24) is 4.90 Å². The van der Waals surface area contributed by atoms with Gasteiger partial charge in [-0.25, -0.2) is 0 Å². The lowest BCUT2D eigenvalue weighted by atomic mass is 9.47. The molecule has 0 aromatic heterocycles. The Labute approximate surface area is 108 Å². The van der Waals surface area contributed by atoms with E-state index >= 15 is 0 Å². The fourth-order valence-corrected chi connectivity index (χ4v) is 4.24. The summed E-state index contributed by atoms with van der Waals surface area (Å²) in [7, 11) is 2.15. The van der Waals surface area contributed by atoms with Crippen molar-refractivity contribution < 1.29 is 14.6 Å². The van der Waals surface area contributed by atoms with Gasteiger partial charge < -0.3 is 14.7 Å². The molecule has 0 spiro atoms. The van der Waals surface area contributed by atoms with E-state index in [1.165, 1.54) is 0 Å². The van der Waals surface area contributed by atoms with E-state index in [0.29, 0.717) is 19.1 Å². The van der Waals surface area contributed by atoms with Crippen LogP contribution in [-0.4, -0.2) is 49.3 Å². The minimum atomic E-state index is -0.573. The van der Waals surface area contributed by atoms with Crippen LogP contribution in [0.4, 0.5) is 0 Å². The van der Waals surface area contributed by atoms with Crippen LogP contribution in [0.3, 0.4) is 0 Å². The van der Waals surface area contributed by atoms with Gasteiger partial charge in [-0.05, 0) is 51.7 Å². The SMILES string of the molecule is CN1CCC(C2(C3(C(=O)O)CCC3)COC2)CC1. The summed E-state index contributed by atoms with van der Waals surface area (Å²) in [5.74, 6) is -0.0326. The van der Waals surface area contributed by atoms with E-state index in [-0.39, 0.29) is 5.41 Å². The average molecular weight is 253 g/mol. The predicted octanol–water partition coefficient (Wildman–Crippen LogP) is 1.60. The Morgan fingerprint density at radius 2 is 1.89 bits per heavy atom. The molecule has 0 aromatic rings. The predicted molar refractivity (Wildman–Crippen MR) is 67.4 cm³/mol. The van der Waals surface area contributed by atoms with Gasteiger partial charge in [-0.2, -0.15) is 0 Å². The first-order valence-electron chi connectivity index (χ1n) is 7.10. The summed E-state index contributed by atoms with van der Waals surface area (Å²) >= 11 is 0. The molecule has 1 N–H and O–H groups in total. The Balaban J connectivity index is 1.83. The summed E-state index contributed by atoms with van der Waals surface area (Å²) in [5.41, 5.74) is -0.524. The molecular formula is C14H23NO3. The summed E-state index contributed by atoms with van der Waals surface area (Å²) in [6.45, 7) is 3.55.